The molecule has 0 aliphatic carbocycles. The Morgan fingerprint density at radius 2 is 2.26 bits per heavy atom. The molecule has 124 valence electrons. The summed E-state index contributed by atoms with van der Waals surface area (Å²) in [7, 11) is -3.48. The van der Waals surface area contributed by atoms with Gasteiger partial charge in [0.15, 0.2) is 0 Å². The molecule has 23 heavy (non-hydrogen) atoms. The predicted molar refractivity (Wildman–Crippen MR) is 87.1 cm³/mol. The molecule has 0 spiro atoms. The van der Waals surface area contributed by atoms with E-state index in [2.05, 4.69) is 14.9 Å². The van der Waals surface area contributed by atoms with E-state index in [0.717, 1.165) is 41.8 Å². The number of fused-ring (bicyclic) bond motifs is 1. The van der Waals surface area contributed by atoms with Gasteiger partial charge in [-0.2, -0.15) is 5.10 Å². The maximum absolute atomic E-state index is 12.4. The van der Waals surface area contributed by atoms with E-state index in [-0.39, 0.29) is 6.10 Å². The minimum absolute atomic E-state index is 0.106. The molecule has 2 aromatic rings. The van der Waals surface area contributed by atoms with E-state index >= 15 is 0 Å². The smallest absolute Gasteiger partial charge is 0.240 e. The van der Waals surface area contributed by atoms with Gasteiger partial charge in [-0.15, -0.1) is 0 Å². The molecule has 1 atom stereocenters. The van der Waals surface area contributed by atoms with Crippen LogP contribution in [0.5, 0.6) is 5.75 Å². The summed E-state index contributed by atoms with van der Waals surface area (Å²) in [5.74, 6) is 0.784. The van der Waals surface area contributed by atoms with Crippen LogP contribution in [0.3, 0.4) is 0 Å². The van der Waals surface area contributed by atoms with Gasteiger partial charge in [0.25, 0.3) is 0 Å². The average molecular weight is 335 g/mol. The number of aromatic nitrogens is 2. The first-order chi connectivity index (χ1) is 11.0. The molecule has 0 unspecified atom stereocenters. The fourth-order valence-electron chi connectivity index (χ4n) is 2.76. The maximum Gasteiger partial charge on any atom is 0.240 e. The second kappa shape index (κ2) is 6.33. The summed E-state index contributed by atoms with van der Waals surface area (Å²) in [5.41, 5.74) is 3.10. The largest absolute Gasteiger partial charge is 0.490 e. The number of nitrogens with one attached hydrogen (secondary N) is 2. The molecule has 3 rings (SSSR count). The highest BCUT2D eigenvalue weighted by Crippen LogP contribution is 2.30. The molecule has 1 aliphatic heterocycles. The second-order valence-electron chi connectivity index (χ2n) is 5.92. The van der Waals surface area contributed by atoms with Gasteiger partial charge in [-0.3, -0.25) is 5.10 Å². The molecule has 6 nitrogen and oxygen atoms in total. The topological polar surface area (TPSA) is 84.1 Å². The van der Waals surface area contributed by atoms with Crippen molar-refractivity contribution in [1.29, 1.82) is 0 Å². The summed E-state index contributed by atoms with van der Waals surface area (Å²) >= 11 is 0. The molecule has 0 saturated carbocycles. The molecular formula is C16H21N3O3S. The minimum atomic E-state index is -3.48. The third-order valence-electron chi connectivity index (χ3n) is 4.03. The van der Waals surface area contributed by atoms with Crippen LogP contribution < -0.4 is 9.46 Å². The lowest BCUT2D eigenvalue weighted by atomic mass is 10.1. The van der Waals surface area contributed by atoms with Gasteiger partial charge in [-0.05, 0) is 56.0 Å². The zero-order chi connectivity index (χ0) is 16.4. The average Bonchev–Trinajstić information content (AvgIpc) is 3.07. The van der Waals surface area contributed by atoms with E-state index in [1.807, 2.05) is 13.8 Å². The van der Waals surface area contributed by atoms with Gasteiger partial charge in [0.1, 0.15) is 11.9 Å². The first-order valence-corrected chi connectivity index (χ1v) is 9.22. The summed E-state index contributed by atoms with van der Waals surface area (Å²) in [6.45, 7) is 4.33. The van der Waals surface area contributed by atoms with Crippen molar-refractivity contribution in [3.8, 4) is 5.75 Å². The minimum Gasteiger partial charge on any atom is -0.490 e. The fraction of sp³-hybridized carbons (Fsp3) is 0.438. The van der Waals surface area contributed by atoms with Gasteiger partial charge < -0.3 is 4.74 Å². The van der Waals surface area contributed by atoms with Crippen molar-refractivity contribution in [3.63, 3.8) is 0 Å². The van der Waals surface area contributed by atoms with Gasteiger partial charge in [-0.1, -0.05) is 0 Å². The number of H-pyrrole nitrogens is 1. The Balaban J connectivity index is 1.59. The Kier molecular flexibility index (Phi) is 4.41. The van der Waals surface area contributed by atoms with Crippen molar-refractivity contribution in [2.75, 3.05) is 6.54 Å². The number of aromatic amines is 1. The summed E-state index contributed by atoms with van der Waals surface area (Å²) in [6, 6.07) is 5.04. The number of aryl methyl sites for hydroxylation is 2. The van der Waals surface area contributed by atoms with E-state index < -0.39 is 10.0 Å². The van der Waals surface area contributed by atoms with Crippen molar-refractivity contribution in [3.05, 3.63) is 41.2 Å². The van der Waals surface area contributed by atoms with Gasteiger partial charge in [0.2, 0.25) is 10.0 Å². The van der Waals surface area contributed by atoms with Crippen LogP contribution in [0.15, 0.2) is 29.3 Å². The monoisotopic (exact) mass is 335 g/mol. The summed E-state index contributed by atoms with van der Waals surface area (Å²) < 4.78 is 33.0. The van der Waals surface area contributed by atoms with E-state index in [9.17, 15) is 8.42 Å². The first-order valence-electron chi connectivity index (χ1n) is 7.74. The van der Waals surface area contributed by atoms with E-state index in [1.165, 1.54) is 0 Å². The number of hydrogen-bond donors (Lipinski definition) is 2. The van der Waals surface area contributed by atoms with Crippen LogP contribution in [0.4, 0.5) is 0 Å². The first kappa shape index (κ1) is 16.0. The van der Waals surface area contributed by atoms with Crippen LogP contribution in [0.2, 0.25) is 0 Å². The van der Waals surface area contributed by atoms with Crippen LogP contribution in [0.1, 0.15) is 30.2 Å². The number of benzene rings is 1. The highest BCUT2D eigenvalue weighted by Gasteiger charge is 2.22. The number of nitrogens with zero attached hydrogens (tertiary/aromatic N) is 1. The van der Waals surface area contributed by atoms with Crippen molar-refractivity contribution in [2.45, 2.75) is 44.1 Å². The van der Waals surface area contributed by atoms with E-state index in [1.54, 1.807) is 24.4 Å². The Labute approximate surface area is 136 Å². The van der Waals surface area contributed by atoms with Crippen LogP contribution in [-0.2, 0) is 22.9 Å². The number of rotatable bonds is 6. The van der Waals surface area contributed by atoms with Gasteiger partial charge >= 0.3 is 0 Å². The molecule has 7 heteroatoms. The molecule has 0 fully saturated rings. The van der Waals surface area contributed by atoms with Crippen molar-refractivity contribution in [1.82, 2.24) is 14.9 Å². The third kappa shape index (κ3) is 3.56. The molecule has 1 aliphatic rings. The summed E-state index contributed by atoms with van der Waals surface area (Å²) in [4.78, 5) is 0.299. The standard InChI is InChI=1S/C16H21N3O3S/c1-11-8-14-9-15(5-6-16(14)22-11)23(20,21)18-7-3-4-13-10-17-19-12(13)2/h5-6,9-11,18H,3-4,7-8H2,1-2H3,(H,17,19)/t11-/m1/s1. The van der Waals surface area contributed by atoms with Crippen molar-refractivity contribution >= 4 is 10.0 Å². The Bertz CT molecular complexity index is 799. The molecule has 1 aromatic carbocycles. The third-order valence-corrected chi connectivity index (χ3v) is 5.49. The number of ether oxygens (including phenoxy) is 1. The zero-order valence-corrected chi connectivity index (χ0v) is 14.1. The van der Waals surface area contributed by atoms with Crippen molar-refractivity contribution in [2.24, 2.45) is 0 Å². The number of hydrogen-bond acceptors (Lipinski definition) is 4. The van der Waals surface area contributed by atoms with Crippen LogP contribution in [-0.4, -0.2) is 31.3 Å². The van der Waals surface area contributed by atoms with Crippen LogP contribution in [0, 0.1) is 6.92 Å². The molecule has 0 bridgehead atoms. The highest BCUT2D eigenvalue weighted by molar-refractivity contribution is 7.89. The maximum atomic E-state index is 12.4. The molecule has 0 radical (unpaired) electrons. The van der Waals surface area contributed by atoms with Crippen molar-refractivity contribution < 1.29 is 13.2 Å². The van der Waals surface area contributed by atoms with Crippen LogP contribution >= 0.6 is 0 Å². The zero-order valence-electron chi connectivity index (χ0n) is 13.3. The predicted octanol–water partition coefficient (Wildman–Crippen LogP) is 1.95. The Morgan fingerprint density at radius 3 is 3.00 bits per heavy atom. The Hall–Kier alpha value is -1.86. The molecule has 0 amide bonds. The fourth-order valence-corrected chi connectivity index (χ4v) is 3.89. The van der Waals surface area contributed by atoms with Gasteiger partial charge in [0.05, 0.1) is 11.1 Å². The molecule has 2 heterocycles. The molecule has 2 N–H and O–H groups in total. The SMILES string of the molecule is Cc1[nH]ncc1CCCNS(=O)(=O)c1ccc2c(c1)C[C@@H](C)O2. The molecule has 0 saturated heterocycles. The molecule has 1 aromatic heterocycles. The van der Waals surface area contributed by atoms with Crippen LogP contribution in [0.25, 0.3) is 0 Å². The lowest BCUT2D eigenvalue weighted by Gasteiger charge is -2.08. The lowest BCUT2D eigenvalue weighted by Crippen LogP contribution is -2.25. The summed E-state index contributed by atoms with van der Waals surface area (Å²) in [6.07, 6.45) is 4.16. The Morgan fingerprint density at radius 1 is 1.43 bits per heavy atom. The molecular weight excluding hydrogens is 314 g/mol. The second-order valence-corrected chi connectivity index (χ2v) is 7.69. The van der Waals surface area contributed by atoms with E-state index in [4.69, 9.17) is 4.74 Å². The van der Waals surface area contributed by atoms with E-state index in [0.29, 0.717) is 11.4 Å². The van der Waals surface area contributed by atoms with Gasteiger partial charge in [-0.25, -0.2) is 13.1 Å². The van der Waals surface area contributed by atoms with Gasteiger partial charge in [0, 0.05) is 18.7 Å². The normalized spacial score (nSPS) is 17.0. The quantitative estimate of drug-likeness (QED) is 0.790. The number of sulfonamides is 1. The lowest BCUT2D eigenvalue weighted by molar-refractivity contribution is 0.254. The highest BCUT2D eigenvalue weighted by atomic mass is 32.2. The summed E-state index contributed by atoms with van der Waals surface area (Å²) in [5, 5.41) is 6.84.